The van der Waals surface area contributed by atoms with Gasteiger partial charge in [0, 0.05) is 12.2 Å². The summed E-state index contributed by atoms with van der Waals surface area (Å²) in [5.41, 5.74) is 2.22. The largest absolute Gasteiger partial charge is 0.384 e. The van der Waals surface area contributed by atoms with Gasteiger partial charge in [-0.05, 0) is 62.5 Å². The zero-order chi connectivity index (χ0) is 14.9. The first-order valence-corrected chi connectivity index (χ1v) is 9.55. The third kappa shape index (κ3) is 3.24. The molecular weight excluding hydrogens is 284 g/mol. The Kier molecular flexibility index (Phi) is 4.22. The van der Waals surface area contributed by atoms with Gasteiger partial charge >= 0.3 is 0 Å². The summed E-state index contributed by atoms with van der Waals surface area (Å²) in [7, 11) is -3.16. The number of rotatable bonds is 4. The van der Waals surface area contributed by atoms with Gasteiger partial charge < -0.3 is 10.2 Å². The van der Waals surface area contributed by atoms with Gasteiger partial charge in [-0.15, -0.1) is 0 Å². The number of anilines is 1. The predicted molar refractivity (Wildman–Crippen MR) is 85.5 cm³/mol. The molecule has 116 valence electrons. The van der Waals surface area contributed by atoms with E-state index >= 15 is 0 Å². The Balaban J connectivity index is 1.70. The second-order valence-electron chi connectivity index (χ2n) is 6.15. The summed E-state index contributed by atoms with van der Waals surface area (Å²) in [5, 5.41) is 3.26. The van der Waals surface area contributed by atoms with Crippen LogP contribution < -0.4 is 5.32 Å². The van der Waals surface area contributed by atoms with Gasteiger partial charge in [-0.2, -0.15) is 0 Å². The number of nitrogens with zero attached hydrogens (tertiary/aromatic N) is 1. The van der Waals surface area contributed by atoms with Crippen molar-refractivity contribution in [3.05, 3.63) is 23.8 Å². The van der Waals surface area contributed by atoms with Crippen LogP contribution in [0.1, 0.15) is 25.3 Å². The standard InChI is InChI=1S/C16H24N2O2S/c1-2-18-9-6-13(7-10-18)12-21(19,20)15-4-3-14-5-8-17-16(14)11-15/h3-4,11,13,17H,2,5-10,12H2,1H3. The van der Waals surface area contributed by atoms with Gasteiger partial charge in [-0.1, -0.05) is 13.0 Å². The van der Waals surface area contributed by atoms with Crippen molar-refractivity contribution < 1.29 is 8.42 Å². The lowest BCUT2D eigenvalue weighted by Gasteiger charge is -2.30. The number of piperidine rings is 1. The van der Waals surface area contributed by atoms with Crippen molar-refractivity contribution in [3.8, 4) is 0 Å². The first-order valence-electron chi connectivity index (χ1n) is 7.90. The summed E-state index contributed by atoms with van der Waals surface area (Å²) in [4.78, 5) is 2.87. The van der Waals surface area contributed by atoms with Crippen LogP contribution >= 0.6 is 0 Å². The minimum atomic E-state index is -3.16. The molecule has 2 aliphatic rings. The zero-order valence-electron chi connectivity index (χ0n) is 12.6. The molecule has 1 fully saturated rings. The molecule has 0 radical (unpaired) electrons. The molecule has 1 aromatic rings. The van der Waals surface area contributed by atoms with E-state index in [1.165, 1.54) is 5.56 Å². The molecule has 0 aliphatic carbocycles. The maximum absolute atomic E-state index is 12.6. The molecule has 3 rings (SSSR count). The highest BCUT2D eigenvalue weighted by molar-refractivity contribution is 7.91. The van der Waals surface area contributed by atoms with E-state index in [2.05, 4.69) is 17.1 Å². The van der Waals surface area contributed by atoms with Crippen molar-refractivity contribution >= 4 is 15.5 Å². The summed E-state index contributed by atoms with van der Waals surface area (Å²) >= 11 is 0. The molecule has 4 nitrogen and oxygen atoms in total. The first kappa shape index (κ1) is 14.9. The van der Waals surface area contributed by atoms with E-state index < -0.39 is 9.84 Å². The molecule has 0 unspecified atom stereocenters. The second-order valence-corrected chi connectivity index (χ2v) is 8.19. The highest BCUT2D eigenvalue weighted by atomic mass is 32.2. The average Bonchev–Trinajstić information content (AvgIpc) is 2.95. The maximum atomic E-state index is 12.6. The normalized spacial score (nSPS) is 20.2. The van der Waals surface area contributed by atoms with Crippen LogP contribution in [0.3, 0.4) is 0 Å². The third-order valence-corrected chi connectivity index (χ3v) is 6.64. The molecule has 21 heavy (non-hydrogen) atoms. The Morgan fingerprint density at radius 2 is 2.05 bits per heavy atom. The number of hydrogen-bond acceptors (Lipinski definition) is 4. The Bertz CT molecular complexity index is 605. The molecule has 0 bridgehead atoms. The van der Waals surface area contributed by atoms with Crippen molar-refractivity contribution in [1.82, 2.24) is 4.90 Å². The van der Waals surface area contributed by atoms with Crippen LogP contribution in [0.5, 0.6) is 0 Å². The van der Waals surface area contributed by atoms with Crippen molar-refractivity contribution in [3.63, 3.8) is 0 Å². The number of fused-ring (bicyclic) bond motifs is 1. The Hall–Kier alpha value is -1.07. The average molecular weight is 308 g/mol. The van der Waals surface area contributed by atoms with Gasteiger partial charge in [0.25, 0.3) is 0 Å². The third-order valence-electron chi connectivity index (χ3n) is 4.76. The van der Waals surface area contributed by atoms with Crippen LogP contribution in [0.4, 0.5) is 5.69 Å². The Morgan fingerprint density at radius 1 is 1.29 bits per heavy atom. The quantitative estimate of drug-likeness (QED) is 0.926. The van der Waals surface area contributed by atoms with Gasteiger partial charge in [-0.25, -0.2) is 8.42 Å². The van der Waals surface area contributed by atoms with Gasteiger partial charge in [0.2, 0.25) is 0 Å². The van der Waals surface area contributed by atoms with E-state index in [0.29, 0.717) is 16.6 Å². The monoisotopic (exact) mass is 308 g/mol. The summed E-state index contributed by atoms with van der Waals surface area (Å²) in [5.74, 6) is 0.600. The molecule has 0 amide bonds. The molecule has 5 heteroatoms. The maximum Gasteiger partial charge on any atom is 0.178 e. The van der Waals surface area contributed by atoms with Crippen LogP contribution in [-0.2, 0) is 16.3 Å². The Morgan fingerprint density at radius 3 is 2.76 bits per heavy atom. The fraction of sp³-hybridized carbons (Fsp3) is 0.625. The molecule has 1 aromatic carbocycles. The van der Waals surface area contributed by atoms with Crippen LogP contribution in [0.25, 0.3) is 0 Å². The molecule has 2 aliphatic heterocycles. The molecule has 2 heterocycles. The van der Waals surface area contributed by atoms with Crippen LogP contribution in [0, 0.1) is 5.92 Å². The fourth-order valence-corrected chi connectivity index (χ4v) is 5.06. The smallest absolute Gasteiger partial charge is 0.178 e. The SMILES string of the molecule is CCN1CCC(CS(=O)(=O)c2ccc3c(c2)NCC3)CC1. The second kappa shape index (κ2) is 5.97. The van der Waals surface area contributed by atoms with Gasteiger partial charge in [-0.3, -0.25) is 0 Å². The van der Waals surface area contributed by atoms with Crippen molar-refractivity contribution in [2.45, 2.75) is 31.1 Å². The van der Waals surface area contributed by atoms with Crippen LogP contribution in [0.2, 0.25) is 0 Å². The summed E-state index contributed by atoms with van der Waals surface area (Å²) in [6.07, 6.45) is 2.98. The highest BCUT2D eigenvalue weighted by Gasteiger charge is 2.26. The summed E-state index contributed by atoms with van der Waals surface area (Å²) in [6.45, 7) is 6.20. The highest BCUT2D eigenvalue weighted by Crippen LogP contribution is 2.28. The lowest BCUT2D eigenvalue weighted by Crippen LogP contribution is -2.35. The Labute approximate surface area is 127 Å². The summed E-state index contributed by atoms with van der Waals surface area (Å²) < 4.78 is 25.2. The van der Waals surface area contributed by atoms with Crippen LogP contribution in [-0.4, -0.2) is 45.2 Å². The predicted octanol–water partition coefficient (Wildman–Crippen LogP) is 2.16. The van der Waals surface area contributed by atoms with Crippen LogP contribution in [0.15, 0.2) is 23.1 Å². The number of nitrogens with one attached hydrogen (secondary N) is 1. The lowest BCUT2D eigenvalue weighted by molar-refractivity contribution is 0.202. The topological polar surface area (TPSA) is 49.4 Å². The molecule has 1 saturated heterocycles. The molecule has 1 N–H and O–H groups in total. The molecule has 0 aromatic heterocycles. The fourth-order valence-electron chi connectivity index (χ4n) is 3.34. The van der Waals surface area contributed by atoms with Crippen molar-refractivity contribution in [1.29, 1.82) is 0 Å². The zero-order valence-corrected chi connectivity index (χ0v) is 13.5. The van der Waals surface area contributed by atoms with E-state index in [9.17, 15) is 8.42 Å². The summed E-state index contributed by atoms with van der Waals surface area (Å²) in [6, 6.07) is 5.56. The lowest BCUT2D eigenvalue weighted by atomic mass is 9.99. The van der Waals surface area contributed by atoms with E-state index in [1.54, 1.807) is 6.07 Å². The van der Waals surface area contributed by atoms with Gasteiger partial charge in [0.05, 0.1) is 10.6 Å². The number of sulfone groups is 1. The molecular formula is C16H24N2O2S. The minimum absolute atomic E-state index is 0.295. The van der Waals surface area contributed by atoms with E-state index in [1.807, 2.05) is 12.1 Å². The van der Waals surface area contributed by atoms with E-state index in [4.69, 9.17) is 0 Å². The molecule has 0 atom stereocenters. The van der Waals surface area contributed by atoms with Crippen molar-refractivity contribution in [2.24, 2.45) is 5.92 Å². The van der Waals surface area contributed by atoms with Gasteiger partial charge in [0.1, 0.15) is 0 Å². The van der Waals surface area contributed by atoms with Gasteiger partial charge in [0.15, 0.2) is 9.84 Å². The minimum Gasteiger partial charge on any atom is -0.384 e. The molecule has 0 saturated carbocycles. The number of hydrogen-bond donors (Lipinski definition) is 1. The molecule has 0 spiro atoms. The number of benzene rings is 1. The van der Waals surface area contributed by atoms with Crippen molar-refractivity contribution in [2.75, 3.05) is 37.2 Å². The first-order chi connectivity index (χ1) is 10.1. The van der Waals surface area contributed by atoms with E-state index in [-0.39, 0.29) is 0 Å². The number of likely N-dealkylation sites (tertiary alicyclic amines) is 1. The van der Waals surface area contributed by atoms with E-state index in [0.717, 1.165) is 51.1 Å².